The normalized spacial score (nSPS) is 9.17. The molecule has 0 N–H and O–H groups in total. The Labute approximate surface area is 70.9 Å². The molecule has 0 aromatic rings. The SMILES string of the molecule is CC(=O)CCOC(=O)CC(C)=O. The summed E-state index contributed by atoms with van der Waals surface area (Å²) in [6.07, 6.45) is 0.00154. The number of hydrogen-bond acceptors (Lipinski definition) is 4. The predicted octanol–water partition coefficient (Wildman–Crippen LogP) is 0.488. The molecule has 0 aliphatic rings. The molecule has 12 heavy (non-hydrogen) atoms. The van der Waals surface area contributed by atoms with Gasteiger partial charge in [0, 0.05) is 6.42 Å². The fourth-order valence-corrected chi connectivity index (χ4v) is 0.563. The number of Topliss-reactive ketones (excluding diaryl/α,β-unsaturated/α-hetero) is 2. The predicted molar refractivity (Wildman–Crippen MR) is 41.6 cm³/mol. The van der Waals surface area contributed by atoms with E-state index in [1.807, 2.05) is 0 Å². The van der Waals surface area contributed by atoms with E-state index in [0.717, 1.165) is 0 Å². The lowest BCUT2D eigenvalue weighted by Gasteiger charge is -2.00. The topological polar surface area (TPSA) is 60.4 Å². The quantitative estimate of drug-likeness (QED) is 0.447. The van der Waals surface area contributed by atoms with Crippen LogP contribution in [0.5, 0.6) is 0 Å². The molecule has 0 radical (unpaired) electrons. The summed E-state index contributed by atoms with van der Waals surface area (Å²) in [4.78, 5) is 31.5. The molecule has 0 aliphatic carbocycles. The fraction of sp³-hybridized carbons (Fsp3) is 0.625. The van der Waals surface area contributed by atoms with E-state index >= 15 is 0 Å². The number of rotatable bonds is 5. The Morgan fingerprint density at radius 3 is 2.08 bits per heavy atom. The minimum absolute atomic E-state index is 0.0365. The fourth-order valence-electron chi connectivity index (χ4n) is 0.563. The monoisotopic (exact) mass is 172 g/mol. The molecule has 0 fully saturated rings. The lowest BCUT2D eigenvalue weighted by atomic mass is 10.3. The van der Waals surface area contributed by atoms with Crippen LogP contribution in [-0.4, -0.2) is 24.1 Å². The van der Waals surface area contributed by atoms with Crippen LogP contribution in [0.4, 0.5) is 0 Å². The molecular weight excluding hydrogens is 160 g/mol. The minimum atomic E-state index is -0.566. The van der Waals surface area contributed by atoms with Gasteiger partial charge in [0.2, 0.25) is 0 Å². The Kier molecular flexibility index (Phi) is 4.92. The molecule has 0 aliphatic heterocycles. The third-order valence-electron chi connectivity index (χ3n) is 1.11. The molecule has 0 atom stereocenters. The number of hydrogen-bond donors (Lipinski definition) is 0. The maximum Gasteiger partial charge on any atom is 0.313 e. The molecule has 4 nitrogen and oxygen atoms in total. The first-order chi connectivity index (χ1) is 5.52. The maximum absolute atomic E-state index is 10.7. The van der Waals surface area contributed by atoms with Crippen molar-refractivity contribution in [2.45, 2.75) is 26.7 Å². The first-order valence-electron chi connectivity index (χ1n) is 3.67. The highest BCUT2D eigenvalue weighted by Crippen LogP contribution is 1.90. The average molecular weight is 172 g/mol. The molecule has 0 bridgehead atoms. The average Bonchev–Trinajstić information content (AvgIpc) is 1.84. The maximum atomic E-state index is 10.7. The highest BCUT2D eigenvalue weighted by atomic mass is 16.5. The van der Waals surface area contributed by atoms with Crippen LogP contribution in [0.1, 0.15) is 26.7 Å². The van der Waals surface area contributed by atoms with Crippen LogP contribution in [0.3, 0.4) is 0 Å². The Hall–Kier alpha value is -1.19. The number of ketones is 2. The number of esters is 1. The summed E-state index contributed by atoms with van der Waals surface area (Å²) in [6, 6.07) is 0. The van der Waals surface area contributed by atoms with Gasteiger partial charge in [0.1, 0.15) is 18.0 Å². The molecule has 0 unspecified atom stereocenters. The third kappa shape index (κ3) is 6.92. The summed E-state index contributed by atoms with van der Waals surface area (Å²) in [5.74, 6) is -0.836. The van der Waals surface area contributed by atoms with Crippen molar-refractivity contribution in [2.24, 2.45) is 0 Å². The second-order valence-corrected chi connectivity index (χ2v) is 2.55. The van der Waals surface area contributed by atoms with Crippen LogP contribution in [0.15, 0.2) is 0 Å². The van der Waals surface area contributed by atoms with E-state index < -0.39 is 5.97 Å². The van der Waals surface area contributed by atoms with E-state index in [1.54, 1.807) is 0 Å². The highest BCUT2D eigenvalue weighted by molar-refractivity contribution is 5.94. The van der Waals surface area contributed by atoms with E-state index in [4.69, 9.17) is 0 Å². The number of carbonyl (C=O) groups is 3. The Balaban J connectivity index is 3.44. The van der Waals surface area contributed by atoms with Gasteiger partial charge in [-0.25, -0.2) is 0 Å². The van der Waals surface area contributed by atoms with Gasteiger partial charge >= 0.3 is 5.97 Å². The largest absolute Gasteiger partial charge is 0.465 e. The van der Waals surface area contributed by atoms with Crippen LogP contribution in [0.2, 0.25) is 0 Å². The molecule has 0 rings (SSSR count). The van der Waals surface area contributed by atoms with Crippen molar-refractivity contribution >= 4 is 17.5 Å². The smallest absolute Gasteiger partial charge is 0.313 e. The van der Waals surface area contributed by atoms with Crippen molar-refractivity contribution in [3.8, 4) is 0 Å². The Bertz CT molecular complexity index is 195. The van der Waals surface area contributed by atoms with Crippen molar-refractivity contribution in [3.63, 3.8) is 0 Å². The summed E-state index contributed by atoms with van der Waals surface area (Å²) < 4.78 is 4.58. The van der Waals surface area contributed by atoms with Gasteiger partial charge in [-0.2, -0.15) is 0 Å². The lowest BCUT2D eigenvalue weighted by Crippen LogP contribution is -2.11. The second-order valence-electron chi connectivity index (χ2n) is 2.55. The summed E-state index contributed by atoms with van der Waals surface area (Å²) in [5.41, 5.74) is 0. The summed E-state index contributed by atoms with van der Waals surface area (Å²) in [5, 5.41) is 0. The molecule has 0 aromatic heterocycles. The van der Waals surface area contributed by atoms with Gasteiger partial charge in [-0.1, -0.05) is 0 Å². The van der Waals surface area contributed by atoms with Gasteiger partial charge in [-0.05, 0) is 13.8 Å². The molecular formula is C8H12O4. The van der Waals surface area contributed by atoms with Gasteiger partial charge in [0.05, 0.1) is 6.61 Å². The molecule has 0 amide bonds. The molecule has 0 aromatic carbocycles. The van der Waals surface area contributed by atoms with Crippen LogP contribution >= 0.6 is 0 Å². The van der Waals surface area contributed by atoms with Crippen molar-refractivity contribution < 1.29 is 19.1 Å². The van der Waals surface area contributed by atoms with Gasteiger partial charge < -0.3 is 4.74 Å². The summed E-state index contributed by atoms with van der Waals surface area (Å²) >= 11 is 0. The first-order valence-corrected chi connectivity index (χ1v) is 3.67. The molecule has 0 spiro atoms. The summed E-state index contributed by atoms with van der Waals surface area (Å²) in [7, 11) is 0. The van der Waals surface area contributed by atoms with Crippen molar-refractivity contribution in [1.29, 1.82) is 0 Å². The number of carbonyl (C=O) groups excluding carboxylic acids is 3. The minimum Gasteiger partial charge on any atom is -0.465 e. The molecule has 68 valence electrons. The van der Waals surface area contributed by atoms with E-state index in [0.29, 0.717) is 0 Å². The van der Waals surface area contributed by atoms with E-state index in [9.17, 15) is 14.4 Å². The van der Waals surface area contributed by atoms with Gasteiger partial charge in [0.15, 0.2) is 0 Å². The zero-order valence-electron chi connectivity index (χ0n) is 7.25. The van der Waals surface area contributed by atoms with E-state index in [2.05, 4.69) is 4.74 Å². The lowest BCUT2D eigenvalue weighted by molar-refractivity contribution is -0.146. The number of ether oxygens (including phenoxy) is 1. The molecule has 4 heteroatoms. The standard InChI is InChI=1S/C8H12O4/c1-6(9)3-4-12-8(11)5-7(2)10/h3-5H2,1-2H3. The Morgan fingerprint density at radius 2 is 1.67 bits per heavy atom. The van der Waals surface area contributed by atoms with E-state index in [-0.39, 0.29) is 31.0 Å². The zero-order chi connectivity index (χ0) is 9.56. The second kappa shape index (κ2) is 5.46. The molecule has 0 heterocycles. The third-order valence-corrected chi connectivity index (χ3v) is 1.11. The van der Waals surface area contributed by atoms with Crippen molar-refractivity contribution in [1.82, 2.24) is 0 Å². The molecule has 0 saturated heterocycles. The van der Waals surface area contributed by atoms with Gasteiger partial charge in [-0.15, -0.1) is 0 Å². The zero-order valence-corrected chi connectivity index (χ0v) is 7.25. The molecule has 0 saturated carbocycles. The van der Waals surface area contributed by atoms with Crippen molar-refractivity contribution in [2.75, 3.05) is 6.61 Å². The Morgan fingerprint density at radius 1 is 1.08 bits per heavy atom. The van der Waals surface area contributed by atoms with Gasteiger partial charge in [-0.3, -0.25) is 14.4 Å². The van der Waals surface area contributed by atoms with Crippen LogP contribution in [0, 0.1) is 0 Å². The highest BCUT2D eigenvalue weighted by Gasteiger charge is 2.05. The van der Waals surface area contributed by atoms with E-state index in [1.165, 1.54) is 13.8 Å². The summed E-state index contributed by atoms with van der Waals surface area (Å²) in [6.45, 7) is 2.80. The first kappa shape index (κ1) is 10.8. The van der Waals surface area contributed by atoms with Crippen LogP contribution in [-0.2, 0) is 19.1 Å². The van der Waals surface area contributed by atoms with Crippen molar-refractivity contribution in [3.05, 3.63) is 0 Å². The van der Waals surface area contributed by atoms with Crippen LogP contribution in [0.25, 0.3) is 0 Å². The van der Waals surface area contributed by atoms with Gasteiger partial charge in [0.25, 0.3) is 0 Å². The van der Waals surface area contributed by atoms with Crippen LogP contribution < -0.4 is 0 Å².